The first-order valence-electron chi connectivity index (χ1n) is 7.37. The van der Waals surface area contributed by atoms with Crippen molar-refractivity contribution < 1.29 is 13.2 Å². The third-order valence-electron chi connectivity index (χ3n) is 3.66. The van der Waals surface area contributed by atoms with Gasteiger partial charge in [0.25, 0.3) is 0 Å². The second-order valence-electron chi connectivity index (χ2n) is 6.19. The van der Waals surface area contributed by atoms with Gasteiger partial charge in [-0.1, -0.05) is 13.8 Å². The van der Waals surface area contributed by atoms with Crippen molar-refractivity contribution in [1.29, 1.82) is 0 Å². The summed E-state index contributed by atoms with van der Waals surface area (Å²) in [5, 5.41) is 4.44. The number of aryl methyl sites for hydroxylation is 2. The van der Waals surface area contributed by atoms with Crippen LogP contribution in [-0.4, -0.2) is 34.5 Å². The Morgan fingerprint density at radius 2 is 1.76 bits per heavy atom. The quantitative estimate of drug-likeness (QED) is 0.756. The maximum Gasteiger partial charge on any atom is 0.163 e. The Hall–Kier alpha value is -1.17. The number of ketones is 1. The molecule has 0 N–H and O–H groups in total. The molecule has 0 aliphatic rings. The molecule has 0 atom stereocenters. The van der Waals surface area contributed by atoms with Crippen LogP contribution in [0.1, 0.15) is 63.3 Å². The Bertz CT molecular complexity index is 622. The van der Waals surface area contributed by atoms with Gasteiger partial charge in [0.05, 0.1) is 28.3 Å². The number of carbonyl (C=O) groups excluding carboxylic acids is 1. The van der Waals surface area contributed by atoms with Crippen molar-refractivity contribution in [2.45, 2.75) is 65.7 Å². The van der Waals surface area contributed by atoms with Crippen molar-refractivity contribution in [2.75, 3.05) is 5.75 Å². The minimum atomic E-state index is -3.20. The third kappa shape index (κ3) is 3.73. The maximum absolute atomic E-state index is 12.2. The van der Waals surface area contributed by atoms with Crippen LogP contribution < -0.4 is 0 Å². The minimum absolute atomic E-state index is 0.00590. The number of aromatic nitrogens is 2. The van der Waals surface area contributed by atoms with Crippen LogP contribution in [0.2, 0.25) is 0 Å². The highest BCUT2D eigenvalue weighted by Crippen LogP contribution is 2.20. The molecular weight excluding hydrogens is 288 g/mol. The average molecular weight is 314 g/mol. The average Bonchev–Trinajstić information content (AvgIpc) is 2.72. The fourth-order valence-electron chi connectivity index (χ4n) is 2.26. The summed E-state index contributed by atoms with van der Waals surface area (Å²) in [5.41, 5.74) is 2.25. The summed E-state index contributed by atoms with van der Waals surface area (Å²) < 4.78 is 25.3. The van der Waals surface area contributed by atoms with Crippen LogP contribution in [0.15, 0.2) is 0 Å². The molecule has 0 aliphatic heterocycles. The van der Waals surface area contributed by atoms with Crippen molar-refractivity contribution >= 4 is 15.6 Å². The molecule has 0 fully saturated rings. The molecular formula is C15H26N2O3S. The Morgan fingerprint density at radius 1 is 1.19 bits per heavy atom. The van der Waals surface area contributed by atoms with Gasteiger partial charge in [-0.15, -0.1) is 0 Å². The third-order valence-corrected chi connectivity index (χ3v) is 6.24. The molecule has 0 spiro atoms. The molecule has 0 aromatic carbocycles. The summed E-state index contributed by atoms with van der Waals surface area (Å²) in [6.07, 6.45) is 1.33. The van der Waals surface area contributed by atoms with Crippen molar-refractivity contribution in [3.05, 3.63) is 17.0 Å². The van der Waals surface area contributed by atoms with Crippen LogP contribution >= 0.6 is 0 Å². The smallest absolute Gasteiger partial charge is 0.163 e. The lowest BCUT2D eigenvalue weighted by molar-refractivity contribution is 0.101. The molecule has 0 radical (unpaired) electrons. The molecule has 0 saturated carbocycles. The lowest BCUT2D eigenvalue weighted by Crippen LogP contribution is -2.32. The van der Waals surface area contributed by atoms with Crippen LogP contribution in [0, 0.1) is 0 Å². The van der Waals surface area contributed by atoms with Gasteiger partial charge in [0.15, 0.2) is 15.6 Å². The van der Waals surface area contributed by atoms with Crippen molar-refractivity contribution in [3.8, 4) is 0 Å². The monoisotopic (exact) mass is 314 g/mol. The first kappa shape index (κ1) is 17.9. The fourth-order valence-corrected chi connectivity index (χ4v) is 3.29. The molecule has 0 amide bonds. The van der Waals surface area contributed by atoms with Gasteiger partial charge in [-0.05, 0) is 40.5 Å². The summed E-state index contributed by atoms with van der Waals surface area (Å²) >= 11 is 0. The summed E-state index contributed by atoms with van der Waals surface area (Å²) in [7, 11) is -3.20. The van der Waals surface area contributed by atoms with E-state index >= 15 is 0 Å². The SMILES string of the molecule is CCc1nn(CCS(=O)(=O)C(C)(C)C)c(CC)c1C(C)=O. The normalized spacial score (nSPS) is 12.7. The Balaban J connectivity index is 3.14. The fraction of sp³-hybridized carbons (Fsp3) is 0.733. The number of carbonyl (C=O) groups is 1. The number of rotatable bonds is 6. The molecule has 1 aromatic heterocycles. The number of hydrogen-bond donors (Lipinski definition) is 0. The molecule has 0 bridgehead atoms. The number of nitrogens with zero attached hydrogens (tertiary/aromatic N) is 2. The van der Waals surface area contributed by atoms with E-state index in [1.807, 2.05) is 13.8 Å². The van der Waals surface area contributed by atoms with Gasteiger partial charge in [-0.3, -0.25) is 9.48 Å². The zero-order valence-corrected chi connectivity index (χ0v) is 14.7. The molecule has 21 heavy (non-hydrogen) atoms. The number of hydrogen-bond acceptors (Lipinski definition) is 4. The van der Waals surface area contributed by atoms with Crippen molar-refractivity contribution in [1.82, 2.24) is 9.78 Å². The Kier molecular flexibility index (Phi) is 5.36. The Labute approximate surface area is 127 Å². The van der Waals surface area contributed by atoms with Gasteiger partial charge in [-0.25, -0.2) is 8.42 Å². The standard InChI is InChI=1S/C15H26N2O3S/c1-7-12-14(11(3)18)13(8-2)17(16-12)9-10-21(19,20)15(4,5)6/h7-10H2,1-6H3. The Morgan fingerprint density at radius 3 is 2.14 bits per heavy atom. The summed E-state index contributed by atoms with van der Waals surface area (Å²) in [5.74, 6) is 0.0275. The lowest BCUT2D eigenvalue weighted by Gasteiger charge is -2.19. The first-order valence-corrected chi connectivity index (χ1v) is 9.02. The number of Topliss-reactive ketones (excluding diaryl/α,β-unsaturated/α-hetero) is 1. The molecule has 0 unspecified atom stereocenters. The summed E-state index contributed by atoms with van der Waals surface area (Å²) in [4.78, 5) is 11.8. The molecule has 0 aliphatic carbocycles. The highest BCUT2D eigenvalue weighted by molar-refractivity contribution is 7.92. The van der Waals surface area contributed by atoms with E-state index in [9.17, 15) is 13.2 Å². The summed E-state index contributed by atoms with van der Waals surface area (Å²) in [6, 6.07) is 0. The highest BCUT2D eigenvalue weighted by Gasteiger charge is 2.29. The van der Waals surface area contributed by atoms with E-state index in [4.69, 9.17) is 0 Å². The van der Waals surface area contributed by atoms with Crippen LogP contribution in [0.4, 0.5) is 0 Å². The molecule has 5 nitrogen and oxygen atoms in total. The predicted octanol–water partition coefficient (Wildman–Crippen LogP) is 2.42. The highest BCUT2D eigenvalue weighted by atomic mass is 32.2. The predicted molar refractivity (Wildman–Crippen MR) is 84.5 cm³/mol. The summed E-state index contributed by atoms with van der Waals surface area (Å²) in [6.45, 7) is 10.8. The molecule has 120 valence electrons. The second kappa shape index (κ2) is 6.30. The van der Waals surface area contributed by atoms with Crippen molar-refractivity contribution in [3.63, 3.8) is 0 Å². The molecule has 1 aromatic rings. The first-order chi connectivity index (χ1) is 9.55. The minimum Gasteiger partial charge on any atom is -0.294 e. The zero-order valence-electron chi connectivity index (χ0n) is 13.9. The van der Waals surface area contributed by atoms with Gasteiger partial charge in [-0.2, -0.15) is 5.10 Å². The van der Waals surface area contributed by atoms with E-state index in [-0.39, 0.29) is 11.5 Å². The van der Waals surface area contributed by atoms with E-state index < -0.39 is 14.6 Å². The molecule has 1 heterocycles. The molecule has 6 heteroatoms. The van der Waals surface area contributed by atoms with Gasteiger partial charge < -0.3 is 0 Å². The van der Waals surface area contributed by atoms with Gasteiger partial charge in [0.2, 0.25) is 0 Å². The van der Waals surface area contributed by atoms with E-state index in [1.54, 1.807) is 25.5 Å². The van der Waals surface area contributed by atoms with Crippen LogP contribution in [-0.2, 0) is 29.2 Å². The van der Waals surface area contributed by atoms with Gasteiger partial charge >= 0.3 is 0 Å². The van der Waals surface area contributed by atoms with Crippen LogP contribution in [0.5, 0.6) is 0 Å². The van der Waals surface area contributed by atoms with E-state index in [1.165, 1.54) is 6.92 Å². The maximum atomic E-state index is 12.2. The number of sulfone groups is 1. The van der Waals surface area contributed by atoms with Crippen molar-refractivity contribution in [2.24, 2.45) is 0 Å². The zero-order chi connectivity index (χ0) is 16.4. The van der Waals surface area contributed by atoms with E-state index in [0.29, 0.717) is 24.9 Å². The molecule has 1 rings (SSSR count). The topological polar surface area (TPSA) is 69.0 Å². The molecule has 0 saturated heterocycles. The lowest BCUT2D eigenvalue weighted by atomic mass is 10.1. The van der Waals surface area contributed by atoms with E-state index in [0.717, 1.165) is 11.4 Å². The van der Waals surface area contributed by atoms with Crippen LogP contribution in [0.25, 0.3) is 0 Å². The van der Waals surface area contributed by atoms with Crippen LogP contribution in [0.3, 0.4) is 0 Å². The van der Waals surface area contributed by atoms with Gasteiger partial charge in [0.1, 0.15) is 0 Å². The van der Waals surface area contributed by atoms with E-state index in [2.05, 4.69) is 5.10 Å². The second-order valence-corrected chi connectivity index (χ2v) is 9.05. The van der Waals surface area contributed by atoms with Gasteiger partial charge in [0, 0.05) is 5.69 Å². The largest absolute Gasteiger partial charge is 0.294 e.